The van der Waals surface area contributed by atoms with Gasteiger partial charge < -0.3 is 4.74 Å². The Balaban J connectivity index is 2.17. The molecule has 1 saturated carbocycles. The number of hydrogen-bond donors (Lipinski definition) is 0. The third kappa shape index (κ3) is 1.59. The zero-order valence-corrected chi connectivity index (χ0v) is 6.17. The summed E-state index contributed by atoms with van der Waals surface area (Å²) in [6.45, 7) is 5.41. The van der Waals surface area contributed by atoms with Crippen LogP contribution in [0.25, 0.3) is 0 Å². The van der Waals surface area contributed by atoms with E-state index in [0.29, 0.717) is 12.3 Å². The zero-order valence-electron chi connectivity index (χ0n) is 6.17. The van der Waals surface area contributed by atoms with Crippen LogP contribution < -0.4 is 0 Å². The van der Waals surface area contributed by atoms with Crippen LogP contribution in [0.1, 0.15) is 19.8 Å². The first-order valence-corrected chi connectivity index (χ1v) is 3.60. The van der Waals surface area contributed by atoms with E-state index in [1.54, 1.807) is 6.92 Å². The van der Waals surface area contributed by atoms with Crippen molar-refractivity contribution < 1.29 is 9.53 Å². The topological polar surface area (TPSA) is 26.3 Å². The standard InChI is InChI=1S/C8H12O2/c1-3-6-5-7(6)10-8(9)4-2/h3,6-7H,1,4-5H2,2H3. The van der Waals surface area contributed by atoms with Crippen LogP contribution in [0.5, 0.6) is 0 Å². The fraction of sp³-hybridized carbons (Fsp3) is 0.625. The highest BCUT2D eigenvalue weighted by Crippen LogP contribution is 2.34. The fourth-order valence-electron chi connectivity index (χ4n) is 0.825. The van der Waals surface area contributed by atoms with Gasteiger partial charge in [-0.15, -0.1) is 6.58 Å². The predicted octanol–water partition coefficient (Wildman–Crippen LogP) is 1.51. The predicted molar refractivity (Wildman–Crippen MR) is 38.5 cm³/mol. The van der Waals surface area contributed by atoms with E-state index in [4.69, 9.17) is 4.74 Å². The van der Waals surface area contributed by atoms with Gasteiger partial charge in [0.2, 0.25) is 0 Å². The van der Waals surface area contributed by atoms with Crippen LogP contribution in [-0.4, -0.2) is 12.1 Å². The van der Waals surface area contributed by atoms with Crippen molar-refractivity contribution in [1.82, 2.24) is 0 Å². The second-order valence-corrected chi connectivity index (χ2v) is 2.52. The summed E-state index contributed by atoms with van der Waals surface area (Å²) in [7, 11) is 0. The number of hydrogen-bond acceptors (Lipinski definition) is 2. The number of rotatable bonds is 3. The highest BCUT2D eigenvalue weighted by Gasteiger charge is 2.37. The lowest BCUT2D eigenvalue weighted by atomic mass is 10.4. The minimum absolute atomic E-state index is 0.102. The third-order valence-electron chi connectivity index (χ3n) is 1.65. The number of carbonyl (C=O) groups excluding carboxylic acids is 1. The van der Waals surface area contributed by atoms with Crippen molar-refractivity contribution in [3.63, 3.8) is 0 Å². The molecule has 1 fully saturated rings. The molecule has 0 bridgehead atoms. The lowest BCUT2D eigenvalue weighted by molar-refractivity contribution is -0.144. The number of carbonyl (C=O) groups is 1. The van der Waals surface area contributed by atoms with Gasteiger partial charge in [-0.2, -0.15) is 0 Å². The van der Waals surface area contributed by atoms with E-state index >= 15 is 0 Å². The molecule has 0 spiro atoms. The van der Waals surface area contributed by atoms with Crippen molar-refractivity contribution in [2.45, 2.75) is 25.9 Å². The van der Waals surface area contributed by atoms with E-state index < -0.39 is 0 Å². The molecule has 0 aliphatic heterocycles. The van der Waals surface area contributed by atoms with E-state index in [9.17, 15) is 4.79 Å². The lowest BCUT2D eigenvalue weighted by Crippen LogP contribution is -2.05. The van der Waals surface area contributed by atoms with Crippen LogP contribution in [0.3, 0.4) is 0 Å². The second kappa shape index (κ2) is 2.86. The molecule has 2 heteroatoms. The minimum atomic E-state index is -0.102. The van der Waals surface area contributed by atoms with Crippen molar-refractivity contribution in [1.29, 1.82) is 0 Å². The molecule has 1 rings (SSSR count). The van der Waals surface area contributed by atoms with Crippen LogP contribution in [0, 0.1) is 5.92 Å². The first kappa shape index (κ1) is 7.32. The quantitative estimate of drug-likeness (QED) is 0.439. The van der Waals surface area contributed by atoms with Gasteiger partial charge in [0.1, 0.15) is 6.10 Å². The van der Waals surface area contributed by atoms with Crippen LogP contribution >= 0.6 is 0 Å². The second-order valence-electron chi connectivity index (χ2n) is 2.52. The summed E-state index contributed by atoms with van der Waals surface area (Å²) in [6.07, 6.45) is 3.42. The summed E-state index contributed by atoms with van der Waals surface area (Å²) in [5, 5.41) is 0. The molecule has 2 nitrogen and oxygen atoms in total. The summed E-state index contributed by atoms with van der Waals surface area (Å²) < 4.78 is 5.00. The fourth-order valence-corrected chi connectivity index (χ4v) is 0.825. The molecule has 10 heavy (non-hydrogen) atoms. The van der Waals surface area contributed by atoms with Crippen LogP contribution in [-0.2, 0) is 9.53 Å². The molecule has 0 aromatic rings. The van der Waals surface area contributed by atoms with Gasteiger partial charge in [0.05, 0.1) is 0 Å². The van der Waals surface area contributed by atoms with Gasteiger partial charge in [-0.1, -0.05) is 13.0 Å². The van der Waals surface area contributed by atoms with Gasteiger partial charge in [-0.05, 0) is 6.42 Å². The third-order valence-corrected chi connectivity index (χ3v) is 1.65. The molecular formula is C8H12O2. The highest BCUT2D eigenvalue weighted by molar-refractivity contribution is 5.69. The van der Waals surface area contributed by atoms with Crippen molar-refractivity contribution in [3.05, 3.63) is 12.7 Å². The molecule has 0 heterocycles. The Morgan fingerprint density at radius 3 is 3.00 bits per heavy atom. The lowest BCUT2D eigenvalue weighted by Gasteiger charge is -1.98. The van der Waals surface area contributed by atoms with Crippen molar-refractivity contribution in [2.24, 2.45) is 5.92 Å². The van der Waals surface area contributed by atoms with Gasteiger partial charge in [0, 0.05) is 12.3 Å². The van der Waals surface area contributed by atoms with Gasteiger partial charge in [-0.3, -0.25) is 4.79 Å². The van der Waals surface area contributed by atoms with Crippen molar-refractivity contribution >= 4 is 5.97 Å². The van der Waals surface area contributed by atoms with E-state index in [1.807, 2.05) is 6.08 Å². The molecule has 1 aliphatic rings. The molecule has 0 N–H and O–H groups in total. The maximum Gasteiger partial charge on any atom is 0.305 e. The zero-order chi connectivity index (χ0) is 7.56. The first-order valence-electron chi connectivity index (χ1n) is 3.60. The number of esters is 1. The van der Waals surface area contributed by atoms with E-state index in [-0.39, 0.29) is 12.1 Å². The molecule has 56 valence electrons. The Bertz CT molecular complexity index is 151. The molecule has 0 aromatic carbocycles. The minimum Gasteiger partial charge on any atom is -0.462 e. The summed E-state index contributed by atoms with van der Waals surface area (Å²) in [5.41, 5.74) is 0. The van der Waals surface area contributed by atoms with Crippen LogP contribution in [0.15, 0.2) is 12.7 Å². The average Bonchev–Trinajstić information content (AvgIpc) is 2.67. The molecule has 0 radical (unpaired) electrons. The first-order chi connectivity index (χ1) is 4.77. The normalized spacial score (nSPS) is 29.3. The molecular weight excluding hydrogens is 128 g/mol. The molecule has 1 aliphatic carbocycles. The largest absolute Gasteiger partial charge is 0.462 e. The number of ether oxygens (including phenoxy) is 1. The molecule has 0 aromatic heterocycles. The van der Waals surface area contributed by atoms with E-state index in [2.05, 4.69) is 6.58 Å². The van der Waals surface area contributed by atoms with Crippen molar-refractivity contribution in [3.8, 4) is 0 Å². The Kier molecular flexibility index (Phi) is 2.10. The highest BCUT2D eigenvalue weighted by atomic mass is 16.5. The van der Waals surface area contributed by atoms with E-state index in [0.717, 1.165) is 6.42 Å². The van der Waals surface area contributed by atoms with Gasteiger partial charge in [0.15, 0.2) is 0 Å². The summed E-state index contributed by atoms with van der Waals surface area (Å²) in [5.74, 6) is 0.324. The van der Waals surface area contributed by atoms with Gasteiger partial charge >= 0.3 is 5.97 Å². The van der Waals surface area contributed by atoms with Gasteiger partial charge in [-0.25, -0.2) is 0 Å². The molecule has 0 amide bonds. The monoisotopic (exact) mass is 140 g/mol. The van der Waals surface area contributed by atoms with Crippen LogP contribution in [0.4, 0.5) is 0 Å². The smallest absolute Gasteiger partial charge is 0.305 e. The Morgan fingerprint density at radius 1 is 1.90 bits per heavy atom. The average molecular weight is 140 g/mol. The maximum absolute atomic E-state index is 10.7. The Morgan fingerprint density at radius 2 is 2.60 bits per heavy atom. The molecule has 2 unspecified atom stereocenters. The van der Waals surface area contributed by atoms with Gasteiger partial charge in [0.25, 0.3) is 0 Å². The maximum atomic E-state index is 10.7. The Hall–Kier alpha value is -0.790. The summed E-state index contributed by atoms with van der Waals surface area (Å²) in [6, 6.07) is 0. The summed E-state index contributed by atoms with van der Waals surface area (Å²) in [4.78, 5) is 10.7. The Labute approximate surface area is 60.9 Å². The molecule has 2 atom stereocenters. The molecule has 0 saturated heterocycles. The van der Waals surface area contributed by atoms with Crippen LogP contribution in [0.2, 0.25) is 0 Å². The summed E-state index contributed by atoms with van der Waals surface area (Å²) >= 11 is 0. The van der Waals surface area contributed by atoms with E-state index in [1.165, 1.54) is 0 Å². The SMILES string of the molecule is C=CC1CC1OC(=O)CC. The van der Waals surface area contributed by atoms with Crippen molar-refractivity contribution in [2.75, 3.05) is 0 Å².